The average Bonchev–Trinajstić information content (AvgIpc) is 2.57. The normalized spacial score (nSPS) is 13.4. The summed E-state index contributed by atoms with van der Waals surface area (Å²) in [6.45, 7) is 2.22. The summed E-state index contributed by atoms with van der Waals surface area (Å²) in [4.78, 5) is 14.8. The van der Waals surface area contributed by atoms with Crippen molar-refractivity contribution in [2.24, 2.45) is 0 Å². The number of hydrogen-bond donors (Lipinski definition) is 2. The van der Waals surface area contributed by atoms with Crippen LogP contribution in [0.5, 0.6) is 0 Å². The van der Waals surface area contributed by atoms with Crippen LogP contribution < -0.4 is 0 Å². The number of carboxylic acid groups (broad SMARTS) is 1. The first-order chi connectivity index (χ1) is 11.7. The molecule has 1 atom stereocenters. The zero-order chi connectivity index (χ0) is 17.9. The fourth-order valence-electron chi connectivity index (χ4n) is 2.17. The van der Waals surface area contributed by atoms with Crippen LogP contribution in [0.2, 0.25) is 0 Å². The minimum absolute atomic E-state index is 0.0986. The summed E-state index contributed by atoms with van der Waals surface area (Å²) in [5.41, 5.74) is 0. The summed E-state index contributed by atoms with van der Waals surface area (Å²) in [7, 11) is 0. The molecule has 0 rings (SSSR count). The quantitative estimate of drug-likeness (QED) is 0.163. The molecule has 0 amide bonds. The minimum Gasteiger partial charge on any atom is -0.481 e. The maximum absolute atomic E-state index is 10.4. The largest absolute Gasteiger partial charge is 0.481 e. The molecule has 0 spiro atoms. The van der Waals surface area contributed by atoms with Crippen LogP contribution in [-0.4, -0.2) is 22.4 Å². The molecule has 0 aromatic heterocycles. The number of aliphatic carboxylic acids is 1. The topological polar surface area (TPSA) is 66.8 Å². The van der Waals surface area contributed by atoms with Gasteiger partial charge in [0.15, 0.2) is 0 Å². The molecule has 0 aromatic rings. The third kappa shape index (κ3) is 17.0. The Morgan fingerprint density at radius 3 is 2.17 bits per heavy atom. The van der Waals surface area contributed by atoms with Gasteiger partial charge in [0.2, 0.25) is 0 Å². The summed E-state index contributed by atoms with van der Waals surface area (Å²) >= 11 is 0. The Hall–Kier alpha value is -1.39. The van der Waals surface area contributed by atoms with Gasteiger partial charge in [0.1, 0.15) is 0 Å². The molecule has 0 saturated carbocycles. The molecule has 1 unspecified atom stereocenters. The van der Waals surface area contributed by atoms with Gasteiger partial charge in [0, 0.05) is 6.42 Å². The first-order valence-corrected chi connectivity index (χ1v) is 9.01. The molecule has 0 aliphatic carbocycles. The number of hydrogen-bond acceptors (Lipinski definition) is 3. The summed E-state index contributed by atoms with van der Waals surface area (Å²) in [6, 6.07) is 0. The van der Waals surface area contributed by atoms with Crippen molar-refractivity contribution in [1.82, 2.24) is 0 Å². The van der Waals surface area contributed by atoms with Crippen LogP contribution in [0, 0.1) is 6.42 Å². The first-order valence-electron chi connectivity index (χ1n) is 9.01. The van der Waals surface area contributed by atoms with Crippen molar-refractivity contribution in [1.29, 1.82) is 0 Å². The lowest BCUT2D eigenvalue weighted by atomic mass is 10.1. The monoisotopic (exact) mass is 337 g/mol. The summed E-state index contributed by atoms with van der Waals surface area (Å²) < 4.78 is 0. The third-order valence-electron chi connectivity index (χ3n) is 3.57. The van der Waals surface area contributed by atoms with Crippen LogP contribution in [0.15, 0.2) is 36.5 Å². The fourth-order valence-corrected chi connectivity index (χ4v) is 2.17. The van der Waals surface area contributed by atoms with Crippen LogP contribution in [-0.2, 0) is 9.68 Å². The molecule has 0 fully saturated rings. The molecule has 0 bridgehead atoms. The number of carbonyl (C=O) groups is 1. The Bertz CT molecular complexity index is 372. The summed E-state index contributed by atoms with van der Waals surface area (Å²) in [5, 5.41) is 17.3. The molecule has 0 aliphatic rings. The van der Waals surface area contributed by atoms with Crippen molar-refractivity contribution in [3.8, 4) is 0 Å². The first kappa shape index (κ1) is 22.6. The Balaban J connectivity index is 3.59. The van der Waals surface area contributed by atoms with E-state index in [-0.39, 0.29) is 6.42 Å². The molecule has 0 saturated heterocycles. The van der Waals surface area contributed by atoms with E-state index < -0.39 is 12.1 Å². The smallest absolute Gasteiger partial charge is 0.303 e. The standard InChI is InChI=1S/C20H33O4/c1-2-3-4-5-6-7-8-9-10-11-12-13-14-16-19(24-23)17-15-18-20(21)22/h6-7,9-10,12-13,16,19,23H,2-5,8,11,14-15,17-18H2,1H3,(H,21,22)/b7-6-,10-9-,13-12-. The van der Waals surface area contributed by atoms with Crippen LogP contribution in [0.3, 0.4) is 0 Å². The number of carboxylic acids is 1. The predicted molar refractivity (Wildman–Crippen MR) is 98.7 cm³/mol. The van der Waals surface area contributed by atoms with Crippen LogP contribution >= 0.6 is 0 Å². The zero-order valence-corrected chi connectivity index (χ0v) is 14.9. The van der Waals surface area contributed by atoms with Gasteiger partial charge < -0.3 is 5.11 Å². The van der Waals surface area contributed by atoms with Crippen molar-refractivity contribution in [2.45, 2.75) is 77.2 Å². The predicted octanol–water partition coefficient (Wildman–Crippen LogP) is 5.72. The summed E-state index contributed by atoms with van der Waals surface area (Å²) in [5.74, 6) is -0.825. The van der Waals surface area contributed by atoms with Gasteiger partial charge in [-0.2, -0.15) is 0 Å². The van der Waals surface area contributed by atoms with Gasteiger partial charge >= 0.3 is 5.97 Å². The number of unbranched alkanes of at least 4 members (excludes halogenated alkanes) is 3. The van der Waals surface area contributed by atoms with Crippen LogP contribution in [0.4, 0.5) is 0 Å². The van der Waals surface area contributed by atoms with Crippen molar-refractivity contribution in [3.63, 3.8) is 0 Å². The van der Waals surface area contributed by atoms with Gasteiger partial charge in [-0.25, -0.2) is 4.89 Å². The molecule has 0 aliphatic heterocycles. The SMILES string of the molecule is CCCCC/C=C\C/C=C\C/C=C\C[CH]C(CCCC(=O)O)OO. The second-order valence-corrected chi connectivity index (χ2v) is 5.78. The molecule has 0 aromatic carbocycles. The Morgan fingerprint density at radius 2 is 1.58 bits per heavy atom. The highest BCUT2D eigenvalue weighted by molar-refractivity contribution is 5.66. The van der Waals surface area contributed by atoms with Crippen LogP contribution in [0.25, 0.3) is 0 Å². The lowest BCUT2D eigenvalue weighted by Gasteiger charge is -2.10. The van der Waals surface area contributed by atoms with Crippen molar-refractivity contribution in [2.75, 3.05) is 0 Å². The zero-order valence-electron chi connectivity index (χ0n) is 14.9. The number of rotatable bonds is 16. The Labute approximate surface area is 146 Å². The van der Waals surface area contributed by atoms with Gasteiger partial charge in [-0.1, -0.05) is 56.2 Å². The second kappa shape index (κ2) is 18.0. The molecule has 4 nitrogen and oxygen atoms in total. The highest BCUT2D eigenvalue weighted by Gasteiger charge is 2.09. The van der Waals surface area contributed by atoms with Gasteiger partial charge in [0.05, 0.1) is 6.10 Å². The molecular formula is C20H33O4. The average molecular weight is 337 g/mol. The van der Waals surface area contributed by atoms with E-state index in [1.54, 1.807) is 0 Å². The lowest BCUT2D eigenvalue weighted by molar-refractivity contribution is -0.271. The Kier molecular flexibility index (Phi) is 16.9. The van der Waals surface area contributed by atoms with Crippen molar-refractivity contribution < 1.29 is 20.0 Å². The van der Waals surface area contributed by atoms with E-state index in [9.17, 15) is 4.79 Å². The summed E-state index contributed by atoms with van der Waals surface area (Å²) in [6.07, 6.45) is 23.0. The lowest BCUT2D eigenvalue weighted by Crippen LogP contribution is -2.11. The molecule has 2 N–H and O–H groups in total. The van der Waals surface area contributed by atoms with E-state index in [1.807, 2.05) is 12.5 Å². The number of allylic oxidation sites excluding steroid dienone is 6. The maximum atomic E-state index is 10.4. The van der Waals surface area contributed by atoms with Gasteiger partial charge in [-0.15, -0.1) is 0 Å². The second-order valence-electron chi connectivity index (χ2n) is 5.78. The minimum atomic E-state index is -0.825. The molecule has 1 radical (unpaired) electrons. The van der Waals surface area contributed by atoms with Crippen LogP contribution in [0.1, 0.15) is 71.1 Å². The van der Waals surface area contributed by atoms with E-state index in [1.165, 1.54) is 25.7 Å². The molecule has 4 heteroatoms. The van der Waals surface area contributed by atoms with Gasteiger partial charge in [-0.3, -0.25) is 10.1 Å². The van der Waals surface area contributed by atoms with E-state index in [2.05, 4.69) is 42.2 Å². The van der Waals surface area contributed by atoms with Crippen molar-refractivity contribution >= 4 is 5.97 Å². The molecule has 137 valence electrons. The van der Waals surface area contributed by atoms with E-state index >= 15 is 0 Å². The van der Waals surface area contributed by atoms with E-state index in [0.29, 0.717) is 19.3 Å². The van der Waals surface area contributed by atoms with Gasteiger partial charge in [0.25, 0.3) is 0 Å². The maximum Gasteiger partial charge on any atom is 0.303 e. The highest BCUT2D eigenvalue weighted by Crippen LogP contribution is 2.10. The third-order valence-corrected chi connectivity index (χ3v) is 3.57. The molecule has 24 heavy (non-hydrogen) atoms. The van der Waals surface area contributed by atoms with E-state index in [4.69, 9.17) is 10.4 Å². The Morgan fingerprint density at radius 1 is 0.958 bits per heavy atom. The van der Waals surface area contributed by atoms with Gasteiger partial charge in [-0.05, 0) is 51.4 Å². The molecular weight excluding hydrogens is 304 g/mol. The highest BCUT2D eigenvalue weighted by atomic mass is 17.1. The molecule has 0 heterocycles. The van der Waals surface area contributed by atoms with E-state index in [0.717, 1.165) is 12.8 Å². The fraction of sp³-hybridized carbons (Fsp3) is 0.600. The van der Waals surface area contributed by atoms with Crippen molar-refractivity contribution in [3.05, 3.63) is 42.9 Å².